The van der Waals surface area contributed by atoms with E-state index in [-0.39, 0.29) is 22.7 Å². The average molecular weight is 304 g/mol. The van der Waals surface area contributed by atoms with E-state index in [2.05, 4.69) is 41.5 Å². The number of hydrogen-bond donors (Lipinski definition) is 2. The molecule has 1 fully saturated rings. The number of hydrogen-bond acceptors (Lipinski definition) is 2. The molecule has 1 aliphatic carbocycles. The summed E-state index contributed by atoms with van der Waals surface area (Å²) in [6.45, 7) is 12.5. The highest BCUT2D eigenvalue weighted by Crippen LogP contribution is 2.47. The monoisotopic (exact) mass is 304 g/mol. The molecule has 1 aromatic carbocycles. The molecule has 1 aromatic rings. The summed E-state index contributed by atoms with van der Waals surface area (Å²) in [6.07, 6.45) is 1.66. The Morgan fingerprint density at radius 2 is 1.45 bits per heavy atom. The van der Waals surface area contributed by atoms with Gasteiger partial charge in [-0.05, 0) is 46.3 Å². The normalized spacial score (nSPS) is 22.3. The zero-order valence-corrected chi connectivity index (χ0v) is 14.5. The van der Waals surface area contributed by atoms with E-state index >= 15 is 0 Å². The van der Waals surface area contributed by atoms with Crippen molar-refractivity contribution in [2.75, 3.05) is 0 Å². The Hall–Kier alpha value is -1.51. The third-order valence-corrected chi connectivity index (χ3v) is 4.77. The number of phenols is 1. The van der Waals surface area contributed by atoms with Crippen LogP contribution in [0.3, 0.4) is 0 Å². The Balaban J connectivity index is 2.59. The van der Waals surface area contributed by atoms with Crippen molar-refractivity contribution in [2.24, 2.45) is 5.92 Å². The van der Waals surface area contributed by atoms with Crippen molar-refractivity contribution in [3.8, 4) is 5.75 Å². The molecular formula is C19H28O3. The molecule has 2 unspecified atom stereocenters. The number of rotatable bonds is 2. The highest BCUT2D eigenvalue weighted by atomic mass is 16.4. The van der Waals surface area contributed by atoms with Crippen LogP contribution in [0.2, 0.25) is 0 Å². The van der Waals surface area contributed by atoms with Gasteiger partial charge >= 0.3 is 5.97 Å². The lowest BCUT2D eigenvalue weighted by Gasteiger charge is -2.36. The summed E-state index contributed by atoms with van der Waals surface area (Å²) in [5, 5.41) is 20.0. The number of phenolic OH excluding ortho intramolecular Hbond substituents is 1. The van der Waals surface area contributed by atoms with Gasteiger partial charge in [0.2, 0.25) is 0 Å². The third kappa shape index (κ3) is 2.99. The van der Waals surface area contributed by atoms with Gasteiger partial charge in [-0.3, -0.25) is 4.79 Å². The summed E-state index contributed by atoms with van der Waals surface area (Å²) < 4.78 is 0. The van der Waals surface area contributed by atoms with Crippen molar-refractivity contribution in [1.29, 1.82) is 0 Å². The van der Waals surface area contributed by atoms with Crippen LogP contribution in [0.4, 0.5) is 0 Å². The first-order valence-corrected chi connectivity index (χ1v) is 8.03. The lowest BCUT2D eigenvalue weighted by Crippen LogP contribution is -2.31. The molecule has 0 amide bonds. The van der Waals surface area contributed by atoms with E-state index < -0.39 is 5.97 Å². The molecule has 0 bridgehead atoms. The van der Waals surface area contributed by atoms with Gasteiger partial charge in [-0.1, -0.05) is 53.7 Å². The van der Waals surface area contributed by atoms with E-state index in [9.17, 15) is 15.0 Å². The maximum absolute atomic E-state index is 11.3. The highest BCUT2D eigenvalue weighted by molar-refractivity contribution is 5.73. The molecule has 22 heavy (non-hydrogen) atoms. The molecule has 0 aromatic heterocycles. The van der Waals surface area contributed by atoms with Gasteiger partial charge in [0.25, 0.3) is 0 Å². The maximum atomic E-state index is 11.3. The molecule has 0 heterocycles. The van der Waals surface area contributed by atoms with Gasteiger partial charge in [0, 0.05) is 0 Å². The van der Waals surface area contributed by atoms with E-state index in [1.54, 1.807) is 0 Å². The third-order valence-electron chi connectivity index (χ3n) is 4.77. The standard InChI is InChI=1S/C19H28O3/c1-18(2,3)14-9-11(12-7-8-13(12)17(21)22)10-15(16(14)20)19(4,5)6/h9-10,12-13,20H,7-8H2,1-6H3,(H,21,22). The Kier molecular flexibility index (Phi) is 4.05. The van der Waals surface area contributed by atoms with Gasteiger partial charge < -0.3 is 10.2 Å². The zero-order chi connectivity index (χ0) is 16.9. The van der Waals surface area contributed by atoms with E-state index in [0.717, 1.165) is 29.5 Å². The average Bonchev–Trinajstić information content (AvgIpc) is 2.25. The van der Waals surface area contributed by atoms with Gasteiger partial charge in [-0.15, -0.1) is 0 Å². The number of carboxylic acid groups (broad SMARTS) is 1. The van der Waals surface area contributed by atoms with Gasteiger partial charge in [0.15, 0.2) is 0 Å². The zero-order valence-electron chi connectivity index (χ0n) is 14.5. The van der Waals surface area contributed by atoms with Crippen molar-refractivity contribution >= 4 is 5.97 Å². The fraction of sp³-hybridized carbons (Fsp3) is 0.632. The maximum Gasteiger partial charge on any atom is 0.307 e. The van der Waals surface area contributed by atoms with E-state index in [1.807, 2.05) is 12.1 Å². The summed E-state index contributed by atoms with van der Waals surface area (Å²) in [4.78, 5) is 11.3. The van der Waals surface area contributed by atoms with Gasteiger partial charge in [-0.25, -0.2) is 0 Å². The molecule has 2 rings (SSSR count). The van der Waals surface area contributed by atoms with Crippen molar-refractivity contribution in [3.63, 3.8) is 0 Å². The minimum Gasteiger partial charge on any atom is -0.507 e. The Morgan fingerprint density at radius 3 is 1.73 bits per heavy atom. The van der Waals surface area contributed by atoms with Crippen LogP contribution < -0.4 is 0 Å². The van der Waals surface area contributed by atoms with Gasteiger partial charge in [0.1, 0.15) is 5.75 Å². The second-order valence-electron chi connectivity index (χ2n) is 8.59. The first-order chi connectivity index (χ1) is 9.93. The van der Waals surface area contributed by atoms with Crippen molar-refractivity contribution < 1.29 is 15.0 Å². The van der Waals surface area contributed by atoms with E-state index in [0.29, 0.717) is 5.75 Å². The molecule has 2 atom stereocenters. The minimum atomic E-state index is -0.709. The molecule has 0 aliphatic heterocycles. The van der Waals surface area contributed by atoms with Crippen LogP contribution >= 0.6 is 0 Å². The van der Waals surface area contributed by atoms with Crippen LogP contribution in [0.25, 0.3) is 0 Å². The first kappa shape index (κ1) is 16.9. The van der Waals surface area contributed by atoms with Crippen LogP contribution in [0.5, 0.6) is 5.75 Å². The largest absolute Gasteiger partial charge is 0.507 e. The Labute approximate surface area is 133 Å². The summed E-state index contributed by atoms with van der Waals surface area (Å²) >= 11 is 0. The number of benzene rings is 1. The number of carboxylic acids is 1. The van der Waals surface area contributed by atoms with E-state index in [4.69, 9.17) is 0 Å². The van der Waals surface area contributed by atoms with Crippen molar-refractivity contribution in [1.82, 2.24) is 0 Å². The molecule has 2 N–H and O–H groups in total. The number of aliphatic carboxylic acids is 1. The van der Waals surface area contributed by atoms with Gasteiger partial charge in [0.05, 0.1) is 5.92 Å². The smallest absolute Gasteiger partial charge is 0.307 e. The second kappa shape index (κ2) is 5.29. The summed E-state index contributed by atoms with van der Waals surface area (Å²) in [6, 6.07) is 4.04. The van der Waals surface area contributed by atoms with Crippen LogP contribution in [-0.2, 0) is 15.6 Å². The quantitative estimate of drug-likeness (QED) is 0.841. The van der Waals surface area contributed by atoms with E-state index in [1.165, 1.54) is 0 Å². The molecule has 0 spiro atoms. The molecule has 3 nitrogen and oxygen atoms in total. The van der Waals surface area contributed by atoms with Crippen LogP contribution in [0, 0.1) is 5.92 Å². The fourth-order valence-electron chi connectivity index (χ4n) is 3.21. The summed E-state index contributed by atoms with van der Waals surface area (Å²) in [5.41, 5.74) is 2.52. The summed E-state index contributed by atoms with van der Waals surface area (Å²) in [5.74, 6) is -0.570. The fourth-order valence-corrected chi connectivity index (χ4v) is 3.21. The molecule has 0 saturated heterocycles. The highest BCUT2D eigenvalue weighted by Gasteiger charge is 2.39. The summed E-state index contributed by atoms with van der Waals surface area (Å²) in [7, 11) is 0. The van der Waals surface area contributed by atoms with Crippen LogP contribution in [-0.4, -0.2) is 16.2 Å². The van der Waals surface area contributed by atoms with Crippen LogP contribution in [0.15, 0.2) is 12.1 Å². The predicted molar refractivity (Wildman–Crippen MR) is 88.6 cm³/mol. The molecule has 3 heteroatoms. The SMILES string of the molecule is CC(C)(C)c1cc(C2CCC2C(=O)O)cc(C(C)(C)C)c1O. The molecule has 1 aliphatic rings. The van der Waals surface area contributed by atoms with Gasteiger partial charge in [-0.2, -0.15) is 0 Å². The molecule has 122 valence electrons. The number of aromatic hydroxyl groups is 1. The predicted octanol–water partition coefficient (Wildman–Crippen LogP) is 4.57. The Bertz CT molecular complexity index is 553. The van der Waals surface area contributed by atoms with Crippen LogP contribution in [0.1, 0.15) is 77.0 Å². The molecular weight excluding hydrogens is 276 g/mol. The molecule has 0 radical (unpaired) electrons. The van der Waals surface area contributed by atoms with Crippen molar-refractivity contribution in [3.05, 3.63) is 28.8 Å². The Morgan fingerprint density at radius 1 is 1.00 bits per heavy atom. The first-order valence-electron chi connectivity index (χ1n) is 8.03. The number of carbonyl (C=O) groups is 1. The van der Waals surface area contributed by atoms with Crippen molar-refractivity contribution in [2.45, 2.75) is 71.1 Å². The minimum absolute atomic E-state index is 0.0697. The lowest BCUT2D eigenvalue weighted by atomic mass is 9.67. The topological polar surface area (TPSA) is 57.5 Å². The lowest BCUT2D eigenvalue weighted by molar-refractivity contribution is -0.145. The second-order valence-corrected chi connectivity index (χ2v) is 8.59. The molecule has 1 saturated carbocycles.